The number of aliphatic hydroxyl groups excluding tert-OH is 2. The van der Waals surface area contributed by atoms with Crippen molar-refractivity contribution in [3.05, 3.63) is 136 Å². The fraction of sp³-hybridized carbons (Fsp3) is 0.420. The SMILES string of the molecule is CNC1C=CC2CNCCC2C1CCCCCC(=O)CC(=O)C=C(CO)c1cc(OCO)c(O)cc1Cc1cnc(N)cc1CCc1cccc(CCc2ccccc2)c1. The Morgan fingerprint density at radius 2 is 1.67 bits per heavy atom. The molecule has 10 nitrogen and oxygen atoms in total. The maximum Gasteiger partial charge on any atom is 0.186 e. The molecule has 1 saturated heterocycles. The Kier molecular flexibility index (Phi) is 16.6. The van der Waals surface area contributed by atoms with Gasteiger partial charge in [0.05, 0.1) is 13.0 Å². The van der Waals surface area contributed by atoms with Crippen molar-refractivity contribution in [2.45, 2.75) is 83.1 Å². The van der Waals surface area contributed by atoms with Crippen LogP contribution < -0.4 is 21.1 Å². The molecule has 1 aromatic heterocycles. The molecule has 1 aliphatic heterocycles. The van der Waals surface area contributed by atoms with Gasteiger partial charge in [-0.15, -0.1) is 0 Å². The van der Waals surface area contributed by atoms with Crippen LogP contribution >= 0.6 is 0 Å². The number of Topliss-reactive ketones (excluding diaryl/α,β-unsaturated/α-hetero) is 1. The standard InChI is InChI=1S/C50H62N4O6/c1-52-47-20-19-38-30-53-22-21-44(38)45(47)14-7-3-6-13-42(57)28-43(58)25-41(32-55)46-29-49(60-33-56)48(59)26-39(46)24-40-31-54-50(51)27-37(40)18-17-36-12-8-11-35(23-36)16-15-34-9-4-2-5-10-34/h2,4-5,8-12,19-20,23,25-27,29,31,38,44-45,47,52-53,55-56,59H,3,6-7,13-18,21-22,24,28,30,32-33H2,1H3,(H2,51,54). The maximum atomic E-state index is 13.3. The second-order valence-corrected chi connectivity index (χ2v) is 16.4. The van der Waals surface area contributed by atoms with E-state index in [0.717, 1.165) is 69.2 Å². The van der Waals surface area contributed by atoms with Crippen LogP contribution in [0.15, 0.2) is 97.2 Å². The number of benzene rings is 3. The minimum absolute atomic E-state index is 0.00267. The zero-order valence-electron chi connectivity index (χ0n) is 35.0. The Bertz CT molecular complexity index is 2100. The van der Waals surface area contributed by atoms with Gasteiger partial charge in [-0.1, -0.05) is 79.6 Å². The monoisotopic (exact) mass is 814 g/mol. The predicted octanol–water partition coefficient (Wildman–Crippen LogP) is 6.71. The number of likely N-dealkylation sites (N-methyl/N-ethyl adjacent to an activating group) is 1. The molecule has 1 fully saturated rings. The van der Waals surface area contributed by atoms with Gasteiger partial charge in [-0.25, -0.2) is 4.98 Å². The molecule has 3 aromatic carbocycles. The predicted molar refractivity (Wildman–Crippen MR) is 238 cm³/mol. The third-order valence-corrected chi connectivity index (χ3v) is 12.3. The van der Waals surface area contributed by atoms with E-state index in [4.69, 9.17) is 10.5 Å². The number of nitrogens with two attached hydrogens (primary N) is 1. The fourth-order valence-corrected chi connectivity index (χ4v) is 9.17. The number of hydrogen-bond donors (Lipinski definition) is 6. The number of carbonyl (C=O) groups is 2. The first-order chi connectivity index (χ1) is 29.2. The summed E-state index contributed by atoms with van der Waals surface area (Å²) in [4.78, 5) is 30.7. The van der Waals surface area contributed by atoms with Crippen LogP contribution in [0.25, 0.3) is 5.57 Å². The number of nitrogens with zero attached hydrogens (tertiary/aromatic N) is 1. The number of aliphatic hydroxyl groups is 2. The molecule has 60 heavy (non-hydrogen) atoms. The first kappa shape index (κ1) is 44.4. The van der Waals surface area contributed by atoms with Gasteiger partial charge in [0.25, 0.3) is 0 Å². The Morgan fingerprint density at radius 3 is 2.43 bits per heavy atom. The summed E-state index contributed by atoms with van der Waals surface area (Å²) in [5.74, 6) is 1.51. The Hall–Kier alpha value is -5.13. The molecule has 0 saturated carbocycles. The van der Waals surface area contributed by atoms with E-state index in [0.29, 0.717) is 60.0 Å². The number of pyridine rings is 1. The number of anilines is 1. The van der Waals surface area contributed by atoms with Gasteiger partial charge >= 0.3 is 0 Å². The number of aromatic hydroxyl groups is 1. The van der Waals surface area contributed by atoms with E-state index in [1.54, 1.807) is 6.20 Å². The van der Waals surface area contributed by atoms with Gasteiger partial charge in [-0.2, -0.15) is 0 Å². The summed E-state index contributed by atoms with van der Waals surface area (Å²) < 4.78 is 5.29. The summed E-state index contributed by atoms with van der Waals surface area (Å²) in [6, 6.07) is 24.4. The zero-order chi connectivity index (χ0) is 42.3. The van der Waals surface area contributed by atoms with Crippen LogP contribution in [0, 0.1) is 17.8 Å². The van der Waals surface area contributed by atoms with Gasteiger partial charge < -0.3 is 36.4 Å². The molecule has 0 amide bonds. The normalized spacial score (nSPS) is 18.9. The summed E-state index contributed by atoms with van der Waals surface area (Å²) in [6.45, 7) is 0.938. The smallest absolute Gasteiger partial charge is 0.186 e. The Balaban J connectivity index is 1.09. The van der Waals surface area contributed by atoms with Crippen molar-refractivity contribution in [2.75, 3.05) is 39.3 Å². The van der Waals surface area contributed by atoms with Crippen molar-refractivity contribution in [1.29, 1.82) is 0 Å². The van der Waals surface area contributed by atoms with Crippen molar-refractivity contribution in [3.63, 3.8) is 0 Å². The van der Waals surface area contributed by atoms with Crippen LogP contribution in [0.2, 0.25) is 0 Å². The molecule has 0 spiro atoms. The van der Waals surface area contributed by atoms with E-state index in [2.05, 4.69) is 76.3 Å². The third-order valence-electron chi connectivity index (χ3n) is 12.3. The molecule has 4 aromatic rings. The van der Waals surface area contributed by atoms with Crippen LogP contribution in [0.4, 0.5) is 5.82 Å². The molecular formula is C50H62N4O6. The fourth-order valence-electron chi connectivity index (χ4n) is 9.17. The largest absolute Gasteiger partial charge is 0.504 e. The van der Waals surface area contributed by atoms with E-state index < -0.39 is 19.2 Å². The first-order valence-electron chi connectivity index (χ1n) is 21.6. The molecule has 4 atom stereocenters. The first-order valence-corrected chi connectivity index (χ1v) is 21.6. The zero-order valence-corrected chi connectivity index (χ0v) is 35.0. The molecule has 6 rings (SSSR count). The average Bonchev–Trinajstić information content (AvgIpc) is 3.26. The highest BCUT2D eigenvalue weighted by Gasteiger charge is 2.36. The summed E-state index contributed by atoms with van der Waals surface area (Å²) in [6.07, 6.45) is 16.5. The molecule has 0 radical (unpaired) electrons. The van der Waals surface area contributed by atoms with Gasteiger partial charge in [0, 0.05) is 25.2 Å². The number of ketones is 2. The summed E-state index contributed by atoms with van der Waals surface area (Å²) in [5.41, 5.74) is 13.2. The highest BCUT2D eigenvalue weighted by Crippen LogP contribution is 2.38. The van der Waals surface area contributed by atoms with Crippen LogP contribution in [-0.4, -0.2) is 71.4 Å². The van der Waals surface area contributed by atoms with E-state index in [-0.39, 0.29) is 29.3 Å². The van der Waals surface area contributed by atoms with Gasteiger partial charge in [-0.05, 0) is 152 Å². The van der Waals surface area contributed by atoms with Gasteiger partial charge in [0.15, 0.2) is 24.1 Å². The van der Waals surface area contributed by atoms with Crippen molar-refractivity contribution >= 4 is 23.0 Å². The molecule has 2 heterocycles. The summed E-state index contributed by atoms with van der Waals surface area (Å²) in [5, 5.41) is 38.0. The number of nitrogen functional groups attached to an aromatic ring is 1. The number of piperidine rings is 1. The second kappa shape index (κ2) is 22.5. The lowest BCUT2D eigenvalue weighted by Gasteiger charge is -2.42. The van der Waals surface area contributed by atoms with Crippen molar-refractivity contribution in [3.8, 4) is 11.5 Å². The van der Waals surface area contributed by atoms with Crippen LogP contribution in [0.1, 0.15) is 83.9 Å². The molecule has 10 heteroatoms. The maximum absolute atomic E-state index is 13.3. The molecule has 2 aliphatic rings. The van der Waals surface area contributed by atoms with Crippen LogP contribution in [0.5, 0.6) is 11.5 Å². The molecular weight excluding hydrogens is 753 g/mol. The Labute approximate surface area is 355 Å². The summed E-state index contributed by atoms with van der Waals surface area (Å²) in [7, 11) is 2.03. The van der Waals surface area contributed by atoms with Gasteiger partial charge in [-0.3, -0.25) is 9.59 Å². The lowest BCUT2D eigenvalue weighted by molar-refractivity contribution is -0.124. The number of phenols is 1. The molecule has 1 aliphatic carbocycles. The minimum Gasteiger partial charge on any atom is -0.504 e. The van der Waals surface area contributed by atoms with Gasteiger partial charge in [0.2, 0.25) is 0 Å². The number of aromatic nitrogens is 1. The number of rotatable bonds is 22. The van der Waals surface area contributed by atoms with Crippen molar-refractivity contribution in [2.24, 2.45) is 17.8 Å². The van der Waals surface area contributed by atoms with E-state index >= 15 is 0 Å². The summed E-state index contributed by atoms with van der Waals surface area (Å²) >= 11 is 0. The van der Waals surface area contributed by atoms with Gasteiger partial charge in [0.1, 0.15) is 11.6 Å². The number of phenolic OH excluding ortho intramolecular Hbond substituents is 1. The Morgan fingerprint density at radius 1 is 0.900 bits per heavy atom. The number of ether oxygens (including phenoxy) is 1. The number of fused-ring (bicyclic) bond motifs is 1. The average molecular weight is 815 g/mol. The van der Waals surface area contributed by atoms with Crippen LogP contribution in [-0.2, 0) is 41.7 Å². The van der Waals surface area contributed by atoms with Crippen molar-refractivity contribution in [1.82, 2.24) is 15.6 Å². The van der Waals surface area contributed by atoms with Crippen molar-refractivity contribution < 1.29 is 29.6 Å². The number of aryl methyl sites for hydroxylation is 4. The topological polar surface area (TPSA) is 167 Å². The number of nitrogens with one attached hydrogen (secondary N) is 2. The quantitative estimate of drug-likeness (QED) is 0.0165. The number of carbonyl (C=O) groups excluding carboxylic acids is 2. The molecule has 7 N–H and O–H groups in total. The third kappa shape index (κ3) is 12.5. The number of hydrogen-bond acceptors (Lipinski definition) is 10. The highest BCUT2D eigenvalue weighted by molar-refractivity contribution is 6.07. The van der Waals surface area contributed by atoms with Crippen LogP contribution in [0.3, 0.4) is 0 Å². The van der Waals surface area contributed by atoms with E-state index in [9.17, 15) is 24.9 Å². The lowest BCUT2D eigenvalue weighted by atomic mass is 9.68. The second-order valence-electron chi connectivity index (χ2n) is 16.4. The minimum atomic E-state index is -0.677. The molecule has 0 bridgehead atoms. The highest BCUT2D eigenvalue weighted by atomic mass is 16.6. The van der Waals surface area contributed by atoms with E-state index in [1.165, 1.54) is 41.3 Å². The molecule has 4 unspecified atom stereocenters. The lowest BCUT2D eigenvalue weighted by Crippen LogP contribution is -2.47. The number of unbranched alkanes of at least 4 members (excludes halogenated alkanes) is 2. The van der Waals surface area contributed by atoms with E-state index in [1.807, 2.05) is 19.2 Å². The number of allylic oxidation sites excluding steroid dienone is 1. The molecule has 318 valence electrons.